The molecule has 0 unspecified atom stereocenters. The van der Waals surface area contributed by atoms with Gasteiger partial charge in [0.05, 0.1) is 42.9 Å². The zero-order valence-corrected chi connectivity index (χ0v) is 21.6. The highest BCUT2D eigenvalue weighted by atomic mass is 32.2. The van der Waals surface area contributed by atoms with Crippen LogP contribution < -0.4 is 5.32 Å². The Morgan fingerprint density at radius 2 is 1.94 bits per heavy atom. The van der Waals surface area contributed by atoms with E-state index in [0.29, 0.717) is 43.6 Å². The molecule has 2 aliphatic heterocycles. The molecule has 3 heterocycles. The average Bonchev–Trinajstić information content (AvgIpc) is 3.59. The molecule has 2 saturated heterocycles. The van der Waals surface area contributed by atoms with Crippen LogP contribution in [-0.4, -0.2) is 66.5 Å². The van der Waals surface area contributed by atoms with Gasteiger partial charge < -0.3 is 24.3 Å². The number of benzene rings is 1. The van der Waals surface area contributed by atoms with Crippen molar-refractivity contribution in [2.24, 2.45) is 0 Å². The van der Waals surface area contributed by atoms with Gasteiger partial charge in [-0.2, -0.15) is 0 Å². The third-order valence-corrected chi connectivity index (χ3v) is 8.29. The van der Waals surface area contributed by atoms with Crippen LogP contribution in [-0.2, 0) is 38.2 Å². The SMILES string of the molecule is CCNC(=S)N(Cc1cnc(S(=O)(=O)Cc2ccccc2F)n1C[C@@H]1CCCO1)C[C@@H]1CCCO1. The number of rotatable bonds is 10. The lowest BCUT2D eigenvalue weighted by Gasteiger charge is -2.28. The van der Waals surface area contributed by atoms with Gasteiger partial charge in [0.2, 0.25) is 15.0 Å². The molecule has 2 aliphatic rings. The van der Waals surface area contributed by atoms with E-state index >= 15 is 0 Å². The summed E-state index contributed by atoms with van der Waals surface area (Å²) in [7, 11) is -3.91. The van der Waals surface area contributed by atoms with Crippen LogP contribution in [0.3, 0.4) is 0 Å². The van der Waals surface area contributed by atoms with Crippen molar-refractivity contribution >= 4 is 27.2 Å². The zero-order chi connectivity index (χ0) is 24.8. The third-order valence-electron chi connectivity index (χ3n) is 6.31. The molecule has 11 heteroatoms. The average molecular weight is 525 g/mol. The first-order chi connectivity index (χ1) is 16.9. The van der Waals surface area contributed by atoms with Crippen LogP contribution in [0.5, 0.6) is 0 Å². The maximum atomic E-state index is 14.2. The maximum Gasteiger partial charge on any atom is 0.228 e. The Bertz CT molecular complexity index is 1110. The first-order valence-corrected chi connectivity index (χ1v) is 14.2. The number of aromatic nitrogens is 2. The second-order valence-corrected chi connectivity index (χ2v) is 11.2. The highest BCUT2D eigenvalue weighted by Gasteiger charge is 2.29. The molecule has 8 nitrogen and oxygen atoms in total. The van der Waals surface area contributed by atoms with Gasteiger partial charge in [0, 0.05) is 31.9 Å². The maximum absolute atomic E-state index is 14.2. The smallest absolute Gasteiger partial charge is 0.228 e. The summed E-state index contributed by atoms with van der Waals surface area (Å²) in [5, 5.41) is 3.71. The molecule has 192 valence electrons. The van der Waals surface area contributed by atoms with Crippen LogP contribution >= 0.6 is 12.2 Å². The van der Waals surface area contributed by atoms with Gasteiger partial charge in [-0.3, -0.25) is 0 Å². The van der Waals surface area contributed by atoms with Crippen molar-refractivity contribution in [3.63, 3.8) is 0 Å². The van der Waals surface area contributed by atoms with E-state index in [0.717, 1.165) is 32.3 Å². The van der Waals surface area contributed by atoms with E-state index in [1.807, 2.05) is 11.8 Å². The van der Waals surface area contributed by atoms with Crippen molar-refractivity contribution in [1.82, 2.24) is 19.8 Å². The van der Waals surface area contributed by atoms with Crippen LogP contribution in [0.25, 0.3) is 0 Å². The fourth-order valence-corrected chi connectivity index (χ4v) is 6.35. The Labute approximate surface area is 211 Å². The first kappa shape index (κ1) is 26.0. The number of ether oxygens (including phenoxy) is 2. The molecule has 0 aliphatic carbocycles. The summed E-state index contributed by atoms with van der Waals surface area (Å²) in [6.07, 6.45) is 5.31. The number of imidazole rings is 1. The molecular weight excluding hydrogens is 491 g/mol. The summed E-state index contributed by atoms with van der Waals surface area (Å²) in [5.74, 6) is -1.01. The predicted molar refractivity (Wildman–Crippen MR) is 134 cm³/mol. The summed E-state index contributed by atoms with van der Waals surface area (Å²) in [6, 6.07) is 5.92. The fourth-order valence-electron chi connectivity index (χ4n) is 4.55. The Morgan fingerprint density at radius 1 is 1.23 bits per heavy atom. The molecule has 35 heavy (non-hydrogen) atoms. The zero-order valence-electron chi connectivity index (χ0n) is 20.0. The van der Waals surface area contributed by atoms with Gasteiger partial charge in [-0.05, 0) is 50.9 Å². The van der Waals surface area contributed by atoms with Crippen LogP contribution in [0.2, 0.25) is 0 Å². The molecule has 2 fully saturated rings. The minimum Gasteiger partial charge on any atom is -0.376 e. The molecular formula is C24H33FN4O4S2. The normalized spacial score (nSPS) is 20.3. The summed E-state index contributed by atoms with van der Waals surface area (Å²) in [6.45, 7) is 5.39. The van der Waals surface area contributed by atoms with Crippen molar-refractivity contribution in [1.29, 1.82) is 0 Å². The quantitative estimate of drug-likeness (QED) is 0.475. The lowest BCUT2D eigenvalue weighted by molar-refractivity contribution is 0.0862. The summed E-state index contributed by atoms with van der Waals surface area (Å²) in [5.41, 5.74) is 0.833. The largest absolute Gasteiger partial charge is 0.376 e. The molecule has 0 bridgehead atoms. The number of hydrogen-bond donors (Lipinski definition) is 1. The minimum atomic E-state index is -3.91. The van der Waals surface area contributed by atoms with E-state index in [-0.39, 0.29) is 22.9 Å². The van der Waals surface area contributed by atoms with Gasteiger partial charge in [-0.1, -0.05) is 18.2 Å². The third kappa shape index (κ3) is 6.58. The molecule has 0 amide bonds. The molecule has 0 saturated carbocycles. The van der Waals surface area contributed by atoms with Crippen LogP contribution in [0.15, 0.2) is 35.6 Å². The summed E-state index contributed by atoms with van der Waals surface area (Å²) < 4.78 is 54.4. The van der Waals surface area contributed by atoms with Crippen molar-refractivity contribution in [3.05, 3.63) is 47.5 Å². The second-order valence-electron chi connectivity index (χ2n) is 8.98. The number of sulfone groups is 1. The Hall–Kier alpha value is -2.08. The Kier molecular flexibility index (Phi) is 8.74. The van der Waals surface area contributed by atoms with Gasteiger partial charge in [0.1, 0.15) is 5.82 Å². The summed E-state index contributed by atoms with van der Waals surface area (Å²) >= 11 is 5.62. The molecule has 0 radical (unpaired) electrons. The van der Waals surface area contributed by atoms with E-state index < -0.39 is 21.4 Å². The molecule has 2 atom stereocenters. The lowest BCUT2D eigenvalue weighted by Crippen LogP contribution is -2.43. The van der Waals surface area contributed by atoms with Crippen molar-refractivity contribution < 1.29 is 22.3 Å². The van der Waals surface area contributed by atoms with Gasteiger partial charge >= 0.3 is 0 Å². The first-order valence-electron chi connectivity index (χ1n) is 12.1. The molecule has 4 rings (SSSR count). The van der Waals surface area contributed by atoms with E-state index in [1.54, 1.807) is 16.8 Å². The van der Waals surface area contributed by atoms with Crippen LogP contribution in [0.4, 0.5) is 4.39 Å². The van der Waals surface area contributed by atoms with E-state index in [1.165, 1.54) is 18.2 Å². The van der Waals surface area contributed by atoms with Gasteiger partial charge in [-0.15, -0.1) is 0 Å². The number of hydrogen-bond acceptors (Lipinski definition) is 6. The van der Waals surface area contributed by atoms with Crippen LogP contribution in [0, 0.1) is 5.82 Å². The van der Waals surface area contributed by atoms with E-state index in [9.17, 15) is 12.8 Å². The van der Waals surface area contributed by atoms with E-state index in [2.05, 4.69) is 10.3 Å². The van der Waals surface area contributed by atoms with Crippen molar-refractivity contribution in [2.75, 3.05) is 26.3 Å². The number of halogens is 1. The summed E-state index contributed by atoms with van der Waals surface area (Å²) in [4.78, 5) is 6.33. The standard InChI is InChI=1S/C24H33FN4O4S2/c1-2-26-23(34)28(15-20-8-5-11-32-20)14-19-13-27-24(29(19)16-21-9-6-12-33-21)35(30,31)17-18-7-3-4-10-22(18)25/h3-4,7,10,13,20-21H,2,5-6,8-9,11-12,14-17H2,1H3,(H,26,34)/t20-,21-/m0/s1. The highest BCUT2D eigenvalue weighted by molar-refractivity contribution is 7.90. The molecule has 2 aromatic rings. The highest BCUT2D eigenvalue weighted by Crippen LogP contribution is 2.24. The van der Waals surface area contributed by atoms with Crippen molar-refractivity contribution in [2.45, 2.75) is 68.8 Å². The predicted octanol–water partition coefficient (Wildman–Crippen LogP) is 3.05. The molecule has 1 aromatic heterocycles. The Morgan fingerprint density at radius 3 is 2.60 bits per heavy atom. The fraction of sp³-hybridized carbons (Fsp3) is 0.583. The van der Waals surface area contributed by atoms with Gasteiger partial charge in [0.15, 0.2) is 5.11 Å². The van der Waals surface area contributed by atoms with Crippen LogP contribution in [0.1, 0.15) is 43.9 Å². The monoisotopic (exact) mass is 524 g/mol. The van der Waals surface area contributed by atoms with Gasteiger partial charge in [-0.25, -0.2) is 17.8 Å². The van der Waals surface area contributed by atoms with Crippen molar-refractivity contribution in [3.8, 4) is 0 Å². The topological polar surface area (TPSA) is 85.7 Å². The van der Waals surface area contributed by atoms with Gasteiger partial charge in [0.25, 0.3) is 0 Å². The number of nitrogens with one attached hydrogen (secondary N) is 1. The Balaban J connectivity index is 1.64. The lowest BCUT2D eigenvalue weighted by atomic mass is 10.2. The molecule has 0 spiro atoms. The number of thiocarbonyl (C=S) groups is 1. The number of nitrogens with zero attached hydrogens (tertiary/aromatic N) is 3. The molecule has 1 aromatic carbocycles. The van der Waals surface area contributed by atoms with E-state index in [4.69, 9.17) is 21.7 Å². The molecule has 1 N–H and O–H groups in total. The minimum absolute atomic E-state index is 0.0716. The second kappa shape index (κ2) is 11.8.